The van der Waals surface area contributed by atoms with E-state index in [0.29, 0.717) is 22.6 Å². The summed E-state index contributed by atoms with van der Waals surface area (Å²) in [6, 6.07) is 12.8. The number of aromatic nitrogens is 4. The van der Waals surface area contributed by atoms with Gasteiger partial charge in [-0.1, -0.05) is 30.3 Å². The summed E-state index contributed by atoms with van der Waals surface area (Å²) >= 11 is 0. The van der Waals surface area contributed by atoms with Gasteiger partial charge >= 0.3 is 0 Å². The highest BCUT2D eigenvalue weighted by atomic mass is 32.2. The van der Waals surface area contributed by atoms with Crippen LogP contribution >= 0.6 is 0 Å². The summed E-state index contributed by atoms with van der Waals surface area (Å²) in [6.45, 7) is 1.90. The van der Waals surface area contributed by atoms with Crippen molar-refractivity contribution in [3.8, 4) is 23.0 Å². The monoisotopic (exact) mass is 476 g/mol. The number of rotatable bonds is 7. The van der Waals surface area contributed by atoms with Gasteiger partial charge in [0.25, 0.3) is 15.9 Å². The Kier molecular flexibility index (Phi) is 5.33. The highest BCUT2D eigenvalue weighted by Crippen LogP contribution is 2.45. The molecule has 2 N–H and O–H groups in total. The van der Waals surface area contributed by atoms with Crippen molar-refractivity contribution in [1.82, 2.24) is 20.1 Å². The van der Waals surface area contributed by atoms with Crippen molar-refractivity contribution < 1.29 is 17.7 Å². The number of nitrogens with one attached hydrogen (secondary N) is 2. The quantitative estimate of drug-likeness (QED) is 0.411. The molecule has 4 aromatic rings. The van der Waals surface area contributed by atoms with Crippen LogP contribution in [0.25, 0.3) is 23.0 Å². The van der Waals surface area contributed by atoms with Crippen molar-refractivity contribution in [1.29, 1.82) is 0 Å². The molecule has 1 fully saturated rings. The number of carbonyl (C=O) groups excluding carboxylic acids is 1. The van der Waals surface area contributed by atoms with Gasteiger partial charge in [0.05, 0.1) is 16.8 Å². The SMILES string of the molecule is CC1(C(=O)Nc2cccc(NS(=O)(=O)c3cccc(-c4noc(-c5cnccn5)n4)c3)c2)CC1. The summed E-state index contributed by atoms with van der Waals surface area (Å²) in [4.78, 5) is 24.7. The van der Waals surface area contributed by atoms with Crippen LogP contribution in [0.4, 0.5) is 11.4 Å². The highest BCUT2D eigenvalue weighted by Gasteiger charge is 2.44. The predicted octanol–water partition coefficient (Wildman–Crippen LogP) is 3.73. The van der Waals surface area contributed by atoms with Gasteiger partial charge in [-0.15, -0.1) is 0 Å². The summed E-state index contributed by atoms with van der Waals surface area (Å²) in [6.07, 6.45) is 6.22. The van der Waals surface area contributed by atoms with Gasteiger partial charge in [-0.3, -0.25) is 14.5 Å². The third kappa shape index (κ3) is 4.50. The largest absolute Gasteiger partial charge is 0.332 e. The van der Waals surface area contributed by atoms with Crippen molar-refractivity contribution in [3.05, 3.63) is 67.1 Å². The molecule has 5 rings (SSSR count). The van der Waals surface area contributed by atoms with Gasteiger partial charge in [0.1, 0.15) is 5.69 Å². The third-order valence-corrected chi connectivity index (χ3v) is 6.91. The number of hydrogen-bond acceptors (Lipinski definition) is 8. The van der Waals surface area contributed by atoms with Gasteiger partial charge in [0.15, 0.2) is 0 Å². The minimum absolute atomic E-state index is 0.0239. The summed E-state index contributed by atoms with van der Waals surface area (Å²) in [5, 5.41) is 6.77. The Labute approximate surface area is 195 Å². The van der Waals surface area contributed by atoms with E-state index >= 15 is 0 Å². The zero-order chi connectivity index (χ0) is 23.8. The molecule has 11 heteroatoms. The first kappa shape index (κ1) is 21.7. The third-order valence-electron chi connectivity index (χ3n) is 5.53. The van der Waals surface area contributed by atoms with E-state index in [1.165, 1.54) is 30.7 Å². The fourth-order valence-electron chi connectivity index (χ4n) is 3.23. The summed E-state index contributed by atoms with van der Waals surface area (Å²) in [5.74, 6) is 0.325. The molecule has 1 saturated carbocycles. The van der Waals surface area contributed by atoms with Gasteiger partial charge in [0, 0.05) is 29.1 Å². The van der Waals surface area contributed by atoms with Gasteiger partial charge in [0.2, 0.25) is 11.7 Å². The normalized spacial score (nSPS) is 14.4. The van der Waals surface area contributed by atoms with Crippen molar-refractivity contribution in [2.75, 3.05) is 10.0 Å². The van der Waals surface area contributed by atoms with Crippen molar-refractivity contribution in [2.45, 2.75) is 24.7 Å². The van der Waals surface area contributed by atoms with Crippen LogP contribution in [0.1, 0.15) is 19.8 Å². The van der Waals surface area contributed by atoms with Crippen molar-refractivity contribution in [2.24, 2.45) is 5.41 Å². The minimum Gasteiger partial charge on any atom is -0.332 e. The van der Waals surface area contributed by atoms with Gasteiger partial charge in [-0.25, -0.2) is 13.4 Å². The predicted molar refractivity (Wildman–Crippen MR) is 124 cm³/mol. The maximum absolute atomic E-state index is 13.0. The van der Waals surface area contributed by atoms with Crippen molar-refractivity contribution >= 4 is 27.3 Å². The second kappa shape index (κ2) is 8.34. The average Bonchev–Trinajstić information content (AvgIpc) is 3.40. The molecule has 0 bridgehead atoms. The molecule has 1 aliphatic rings. The van der Waals surface area contributed by atoms with E-state index in [9.17, 15) is 13.2 Å². The number of anilines is 2. The van der Waals surface area contributed by atoms with Crippen LogP contribution in [0.3, 0.4) is 0 Å². The molecule has 1 amide bonds. The Morgan fingerprint density at radius 2 is 1.85 bits per heavy atom. The summed E-state index contributed by atoms with van der Waals surface area (Å²) < 4.78 is 33.9. The van der Waals surface area contributed by atoms with E-state index in [2.05, 4.69) is 30.1 Å². The van der Waals surface area contributed by atoms with E-state index < -0.39 is 10.0 Å². The van der Waals surface area contributed by atoms with Gasteiger partial charge in [-0.05, 0) is 43.2 Å². The molecule has 0 unspecified atom stereocenters. The molecular weight excluding hydrogens is 456 g/mol. The molecule has 0 spiro atoms. The molecule has 0 aliphatic heterocycles. The number of nitrogens with zero attached hydrogens (tertiary/aromatic N) is 4. The zero-order valence-electron chi connectivity index (χ0n) is 18.1. The molecule has 2 heterocycles. The lowest BCUT2D eigenvalue weighted by molar-refractivity contribution is -0.120. The van der Waals surface area contributed by atoms with Crippen LogP contribution in [-0.2, 0) is 14.8 Å². The molecule has 34 heavy (non-hydrogen) atoms. The van der Waals surface area contributed by atoms with Crippen LogP contribution in [0.2, 0.25) is 0 Å². The molecule has 0 saturated heterocycles. The smallest absolute Gasteiger partial charge is 0.278 e. The Hall–Kier alpha value is -4.12. The number of hydrogen-bond donors (Lipinski definition) is 2. The Morgan fingerprint density at radius 1 is 1.06 bits per heavy atom. The maximum Gasteiger partial charge on any atom is 0.278 e. The van der Waals surface area contributed by atoms with Gasteiger partial charge in [-0.2, -0.15) is 4.98 Å². The highest BCUT2D eigenvalue weighted by molar-refractivity contribution is 7.92. The Balaban J connectivity index is 1.35. The molecule has 172 valence electrons. The van der Waals surface area contributed by atoms with Crippen LogP contribution in [-0.4, -0.2) is 34.4 Å². The number of amides is 1. The average molecular weight is 477 g/mol. The Morgan fingerprint density at radius 3 is 2.62 bits per heavy atom. The van der Waals surface area contributed by atoms with E-state index in [1.54, 1.807) is 36.4 Å². The fraction of sp³-hybridized carbons (Fsp3) is 0.174. The van der Waals surface area contributed by atoms with E-state index in [1.807, 2.05) is 6.92 Å². The van der Waals surface area contributed by atoms with Crippen LogP contribution in [0.15, 0.2) is 76.5 Å². The molecule has 10 nitrogen and oxygen atoms in total. The van der Waals surface area contributed by atoms with Crippen LogP contribution < -0.4 is 10.0 Å². The van der Waals surface area contributed by atoms with Crippen LogP contribution in [0.5, 0.6) is 0 Å². The molecule has 1 aliphatic carbocycles. The number of sulfonamides is 1. The molecule has 0 atom stereocenters. The van der Waals surface area contributed by atoms with E-state index in [0.717, 1.165) is 12.8 Å². The van der Waals surface area contributed by atoms with E-state index in [4.69, 9.17) is 4.52 Å². The molecule has 2 aromatic carbocycles. The Bertz CT molecular complexity index is 1470. The standard InChI is InChI=1S/C23H20N6O4S/c1-23(8-9-23)22(30)26-16-5-3-6-17(13-16)29-34(31,32)18-7-2-4-15(12-18)20-27-21(33-28-20)19-14-24-10-11-25-19/h2-7,10-14,29H,8-9H2,1H3,(H,26,30). The second-order valence-electron chi connectivity index (χ2n) is 8.24. The molecule has 2 aromatic heterocycles. The topological polar surface area (TPSA) is 140 Å². The lowest BCUT2D eigenvalue weighted by Gasteiger charge is -2.12. The lowest BCUT2D eigenvalue weighted by Crippen LogP contribution is -2.21. The first-order chi connectivity index (χ1) is 16.3. The second-order valence-corrected chi connectivity index (χ2v) is 9.93. The molecular formula is C23H20N6O4S. The number of benzene rings is 2. The summed E-state index contributed by atoms with van der Waals surface area (Å²) in [5.41, 5.74) is 1.39. The minimum atomic E-state index is -3.92. The van der Waals surface area contributed by atoms with Gasteiger partial charge < -0.3 is 9.84 Å². The first-order valence-corrected chi connectivity index (χ1v) is 12.0. The van der Waals surface area contributed by atoms with E-state index in [-0.39, 0.29) is 27.9 Å². The van der Waals surface area contributed by atoms with Crippen molar-refractivity contribution in [3.63, 3.8) is 0 Å². The first-order valence-electron chi connectivity index (χ1n) is 10.5. The lowest BCUT2D eigenvalue weighted by atomic mass is 10.1. The summed E-state index contributed by atoms with van der Waals surface area (Å²) in [7, 11) is -3.92. The zero-order valence-corrected chi connectivity index (χ0v) is 18.9. The fourth-order valence-corrected chi connectivity index (χ4v) is 4.32. The maximum atomic E-state index is 13.0. The van der Waals surface area contributed by atoms with Crippen LogP contribution in [0, 0.1) is 5.41 Å². The molecule has 0 radical (unpaired) electrons. The number of carbonyl (C=O) groups is 1.